The van der Waals surface area contributed by atoms with Crippen molar-refractivity contribution in [3.63, 3.8) is 0 Å². The van der Waals surface area contributed by atoms with Gasteiger partial charge in [-0.3, -0.25) is 10.00 Å². The molecule has 11 nitrogen and oxygen atoms in total. The first-order chi connectivity index (χ1) is 21.3. The van der Waals surface area contributed by atoms with Gasteiger partial charge in [0.25, 0.3) is 0 Å². The molecule has 0 fully saturated rings. The Hall–Kier alpha value is -4.87. The number of halogens is 4. The molecule has 1 aliphatic heterocycles. The van der Waals surface area contributed by atoms with Crippen LogP contribution in [0.1, 0.15) is 53.9 Å². The van der Waals surface area contributed by atoms with Crippen molar-refractivity contribution in [2.45, 2.75) is 38.5 Å². The molecule has 15 heteroatoms. The zero-order chi connectivity index (χ0) is 32.7. The Morgan fingerprint density at radius 1 is 1.17 bits per heavy atom. The maximum atomic E-state index is 13.7. The monoisotopic (exact) mass is 656 g/mol. The quantitative estimate of drug-likeness (QED) is 0.218. The molecule has 0 saturated carbocycles. The second kappa shape index (κ2) is 12.9. The SMILES string of the molecule is COC(=O)C1=C(C)N(c2cccc(C(F)(F)F)c2)c2n[nH]c(=O)n2C1c1ccc(C#N)cc1CC[N+](C)(C)C(C)c1cc[nH]n1.[Cl-]. The van der Waals surface area contributed by atoms with Crippen molar-refractivity contribution >= 4 is 17.6 Å². The molecule has 0 saturated heterocycles. The number of aromatic amines is 2. The summed E-state index contributed by atoms with van der Waals surface area (Å²) in [5, 5.41) is 23.5. The Morgan fingerprint density at radius 3 is 2.54 bits per heavy atom. The fourth-order valence-corrected chi connectivity index (χ4v) is 5.70. The minimum Gasteiger partial charge on any atom is -1.00 e. The van der Waals surface area contributed by atoms with Gasteiger partial charge in [-0.15, -0.1) is 5.10 Å². The van der Waals surface area contributed by atoms with Crippen molar-refractivity contribution in [3.05, 3.63) is 104 Å². The van der Waals surface area contributed by atoms with E-state index in [1.807, 2.05) is 6.07 Å². The molecule has 4 aromatic rings. The van der Waals surface area contributed by atoms with Gasteiger partial charge in [0.05, 0.1) is 50.5 Å². The number of esters is 1. The zero-order valence-corrected chi connectivity index (χ0v) is 26.4. The van der Waals surface area contributed by atoms with Gasteiger partial charge in [0.2, 0.25) is 5.95 Å². The molecule has 2 unspecified atom stereocenters. The van der Waals surface area contributed by atoms with Crippen molar-refractivity contribution in [3.8, 4) is 6.07 Å². The Morgan fingerprint density at radius 2 is 1.91 bits per heavy atom. The highest BCUT2D eigenvalue weighted by Gasteiger charge is 2.41. The fourth-order valence-electron chi connectivity index (χ4n) is 5.70. The summed E-state index contributed by atoms with van der Waals surface area (Å²) in [4.78, 5) is 28.2. The van der Waals surface area contributed by atoms with Crippen LogP contribution < -0.4 is 23.0 Å². The van der Waals surface area contributed by atoms with Crippen molar-refractivity contribution in [2.75, 3.05) is 32.6 Å². The standard InChI is InChI=1S/C31H31F3N8O3.ClH/c1-18-26(28(43)45-5)27(41-29(38-39-30(41)44)40(18)23-8-6-7-22(16-23)31(32,33)34)24-10-9-20(17-35)15-21(24)12-14-42(3,4)19(2)25-11-13-36-37-25;/h6-11,13,15-16,19,27H,12,14H2,1-5H3,(H-,36,37,39,44);1H. The second-order valence-electron chi connectivity index (χ2n) is 11.4. The number of hydrogen-bond acceptors (Lipinski definition) is 7. The van der Waals surface area contributed by atoms with Crippen LogP contribution in [-0.2, 0) is 22.1 Å². The summed E-state index contributed by atoms with van der Waals surface area (Å²) < 4.78 is 47.9. The number of benzene rings is 2. The summed E-state index contributed by atoms with van der Waals surface area (Å²) in [5.74, 6) is -0.778. The molecule has 1 aliphatic rings. The fraction of sp³-hybridized carbons (Fsp3) is 0.323. The lowest BCUT2D eigenvalue weighted by atomic mass is 9.88. The van der Waals surface area contributed by atoms with Crippen LogP contribution in [0.25, 0.3) is 0 Å². The lowest BCUT2D eigenvalue weighted by Crippen LogP contribution is -3.00. The number of allylic oxidation sites excluding steroid dienone is 1. The Labute approximate surface area is 268 Å². The number of nitrogens with zero attached hydrogens (tertiary/aromatic N) is 6. The number of fused-ring (bicyclic) bond motifs is 1. The molecular formula is C31H32ClF3N8O3. The molecule has 0 radical (unpaired) electrons. The van der Waals surface area contributed by atoms with Gasteiger partial charge in [-0.1, -0.05) is 12.1 Å². The zero-order valence-electron chi connectivity index (χ0n) is 25.7. The number of nitriles is 1. The Balaban J connectivity index is 0.00000480. The molecule has 2 aromatic heterocycles. The first kappa shape index (κ1) is 34.0. The average Bonchev–Trinajstić information content (AvgIpc) is 3.69. The van der Waals surface area contributed by atoms with Crippen LogP contribution in [0.2, 0.25) is 0 Å². The number of alkyl halides is 3. The van der Waals surface area contributed by atoms with Crippen LogP contribution in [0.5, 0.6) is 0 Å². The maximum Gasteiger partial charge on any atom is 0.416 e. The van der Waals surface area contributed by atoms with Gasteiger partial charge in [-0.05, 0) is 61.4 Å². The summed E-state index contributed by atoms with van der Waals surface area (Å²) in [6.45, 7) is 4.23. The highest BCUT2D eigenvalue weighted by Crippen LogP contribution is 2.43. The van der Waals surface area contributed by atoms with Gasteiger partial charge in [-0.2, -0.15) is 23.5 Å². The number of nitrogens with one attached hydrogen (secondary N) is 2. The Kier molecular flexibility index (Phi) is 9.51. The smallest absolute Gasteiger partial charge is 0.416 e. The highest BCUT2D eigenvalue weighted by molar-refractivity contribution is 5.93. The summed E-state index contributed by atoms with van der Waals surface area (Å²) in [6, 6.07) is 12.6. The average molecular weight is 657 g/mol. The minimum atomic E-state index is -4.62. The third-order valence-corrected chi connectivity index (χ3v) is 8.50. The summed E-state index contributed by atoms with van der Waals surface area (Å²) >= 11 is 0. The normalized spacial score (nSPS) is 15.5. The number of ether oxygens (including phenoxy) is 1. The number of carbonyl (C=O) groups is 1. The molecule has 0 spiro atoms. The van der Waals surface area contributed by atoms with Crippen LogP contribution >= 0.6 is 0 Å². The molecular weight excluding hydrogens is 625 g/mol. The minimum absolute atomic E-state index is 0. The van der Waals surface area contributed by atoms with Gasteiger partial charge < -0.3 is 21.6 Å². The topological polar surface area (TPSA) is 133 Å². The number of quaternary nitrogens is 1. The van der Waals surface area contributed by atoms with Crippen molar-refractivity contribution in [2.24, 2.45) is 0 Å². The van der Waals surface area contributed by atoms with E-state index in [1.165, 1.54) is 28.7 Å². The van der Waals surface area contributed by atoms with Gasteiger partial charge in [-0.25, -0.2) is 19.3 Å². The molecule has 2 aromatic carbocycles. The van der Waals surface area contributed by atoms with E-state index in [0.29, 0.717) is 34.1 Å². The van der Waals surface area contributed by atoms with E-state index >= 15 is 0 Å². The molecule has 2 N–H and O–H groups in total. The lowest BCUT2D eigenvalue weighted by molar-refractivity contribution is -0.919. The van der Waals surface area contributed by atoms with Crippen LogP contribution in [0.3, 0.4) is 0 Å². The number of hydrogen-bond donors (Lipinski definition) is 2. The van der Waals surface area contributed by atoms with Crippen LogP contribution in [0.15, 0.2) is 70.8 Å². The number of methoxy groups -OCH3 is 1. The number of aromatic nitrogens is 5. The molecule has 3 heterocycles. The molecule has 46 heavy (non-hydrogen) atoms. The van der Waals surface area contributed by atoms with E-state index in [2.05, 4.69) is 47.5 Å². The number of carbonyl (C=O) groups excluding carboxylic acids is 1. The predicted molar refractivity (Wildman–Crippen MR) is 158 cm³/mol. The van der Waals surface area contributed by atoms with Crippen LogP contribution in [0, 0.1) is 11.3 Å². The first-order valence-electron chi connectivity index (χ1n) is 14.1. The number of rotatable bonds is 8. The van der Waals surface area contributed by atoms with E-state index in [0.717, 1.165) is 17.8 Å². The first-order valence-corrected chi connectivity index (χ1v) is 14.1. The summed E-state index contributed by atoms with van der Waals surface area (Å²) in [7, 11) is 5.31. The van der Waals surface area contributed by atoms with E-state index in [4.69, 9.17) is 4.74 Å². The van der Waals surface area contributed by atoms with Gasteiger partial charge >= 0.3 is 17.8 Å². The van der Waals surface area contributed by atoms with Gasteiger partial charge in [0, 0.05) is 24.0 Å². The van der Waals surface area contributed by atoms with E-state index in [1.54, 1.807) is 31.3 Å². The van der Waals surface area contributed by atoms with E-state index in [9.17, 15) is 28.0 Å². The molecule has 0 amide bonds. The van der Waals surface area contributed by atoms with E-state index < -0.39 is 29.4 Å². The van der Waals surface area contributed by atoms with Crippen LogP contribution in [0.4, 0.5) is 24.8 Å². The van der Waals surface area contributed by atoms with Crippen molar-refractivity contribution in [1.29, 1.82) is 5.26 Å². The van der Waals surface area contributed by atoms with Gasteiger partial charge in [0.15, 0.2) is 0 Å². The summed E-state index contributed by atoms with van der Waals surface area (Å²) in [5.41, 5.74) is 1.27. The molecule has 2 atom stereocenters. The van der Waals surface area contributed by atoms with Crippen molar-refractivity contribution in [1.82, 2.24) is 25.0 Å². The Bertz CT molecular complexity index is 1870. The third-order valence-electron chi connectivity index (χ3n) is 8.50. The lowest BCUT2D eigenvalue weighted by Gasteiger charge is -2.37. The molecule has 5 rings (SSSR count). The molecule has 0 bridgehead atoms. The number of likely N-dealkylation sites (N-methyl/N-ethyl adjacent to an activating group) is 1. The predicted octanol–water partition coefficient (Wildman–Crippen LogP) is 1.76. The largest absolute Gasteiger partial charge is 1.00 e. The van der Waals surface area contributed by atoms with Crippen LogP contribution in [-0.4, -0.2) is 63.2 Å². The van der Waals surface area contributed by atoms with Gasteiger partial charge in [0.1, 0.15) is 17.8 Å². The second-order valence-corrected chi connectivity index (χ2v) is 11.4. The summed E-state index contributed by atoms with van der Waals surface area (Å²) in [6.07, 6.45) is -2.41. The number of anilines is 2. The molecule has 0 aliphatic carbocycles. The third kappa shape index (κ3) is 6.16. The molecule has 242 valence electrons. The van der Waals surface area contributed by atoms with E-state index in [-0.39, 0.29) is 41.4 Å². The number of H-pyrrole nitrogens is 2. The van der Waals surface area contributed by atoms with Crippen molar-refractivity contribution < 1.29 is 39.6 Å². The highest BCUT2D eigenvalue weighted by atomic mass is 35.5. The maximum absolute atomic E-state index is 13.7.